The Hall–Kier alpha value is -1.51. The molecule has 1 aromatic rings. The molecule has 0 saturated heterocycles. The maximum absolute atomic E-state index is 12.0. The zero-order valence-electron chi connectivity index (χ0n) is 12.8. The summed E-state index contributed by atoms with van der Waals surface area (Å²) in [6, 6.07) is 5.78. The molecule has 1 aromatic carbocycles. The molecule has 0 heterocycles. The molecule has 0 fully saturated rings. The highest BCUT2D eigenvalue weighted by atomic mass is 16.1. The minimum atomic E-state index is 0.00963. The van der Waals surface area contributed by atoms with Crippen molar-refractivity contribution in [2.45, 2.75) is 41.0 Å². The van der Waals surface area contributed by atoms with Crippen LogP contribution >= 0.6 is 0 Å². The molecule has 1 rings (SSSR count). The first-order valence-corrected chi connectivity index (χ1v) is 6.96. The van der Waals surface area contributed by atoms with E-state index in [-0.39, 0.29) is 11.3 Å². The lowest BCUT2D eigenvalue weighted by Gasteiger charge is -2.18. The lowest BCUT2D eigenvalue weighted by Crippen LogP contribution is -2.27. The third-order valence-corrected chi connectivity index (χ3v) is 3.02. The Kier molecular flexibility index (Phi) is 5.40. The molecule has 106 valence electrons. The largest absolute Gasteiger partial charge is 0.385 e. The number of aryl methyl sites for hydroxylation is 1. The average Bonchev–Trinajstić information content (AvgIpc) is 2.30. The van der Waals surface area contributed by atoms with E-state index in [1.807, 2.05) is 25.1 Å². The van der Waals surface area contributed by atoms with Crippen LogP contribution in [0.5, 0.6) is 0 Å². The van der Waals surface area contributed by atoms with Crippen molar-refractivity contribution in [1.82, 2.24) is 5.32 Å². The van der Waals surface area contributed by atoms with E-state index in [1.165, 1.54) is 0 Å². The van der Waals surface area contributed by atoms with Gasteiger partial charge in [0.2, 0.25) is 0 Å². The minimum absolute atomic E-state index is 0.00963. The van der Waals surface area contributed by atoms with Gasteiger partial charge in [-0.25, -0.2) is 0 Å². The molecule has 0 aliphatic rings. The molecule has 3 nitrogen and oxygen atoms in total. The number of hydrogen-bond donors (Lipinski definition) is 2. The third-order valence-electron chi connectivity index (χ3n) is 3.02. The Morgan fingerprint density at radius 1 is 1.26 bits per heavy atom. The second-order valence-corrected chi connectivity index (χ2v) is 6.13. The predicted octanol–water partition coefficient (Wildman–Crippen LogP) is 3.59. The minimum Gasteiger partial charge on any atom is -0.385 e. The van der Waals surface area contributed by atoms with Crippen molar-refractivity contribution in [1.29, 1.82) is 0 Å². The Bertz CT molecular complexity index is 433. The Morgan fingerprint density at radius 2 is 1.95 bits per heavy atom. The molecular formula is C16H26N2O. The van der Waals surface area contributed by atoms with Crippen molar-refractivity contribution in [3.63, 3.8) is 0 Å². The van der Waals surface area contributed by atoms with Crippen LogP contribution in [0.1, 0.15) is 50.0 Å². The number of hydrogen-bond acceptors (Lipinski definition) is 2. The molecule has 0 atom stereocenters. The summed E-state index contributed by atoms with van der Waals surface area (Å²) in [4.78, 5) is 12.0. The number of amides is 1. The number of carbonyl (C=O) groups excluding carboxylic acids is 1. The molecule has 0 saturated carbocycles. The van der Waals surface area contributed by atoms with Gasteiger partial charge in [0.15, 0.2) is 0 Å². The first-order valence-electron chi connectivity index (χ1n) is 6.96. The molecule has 0 aliphatic carbocycles. The molecule has 0 spiro atoms. The summed E-state index contributed by atoms with van der Waals surface area (Å²) >= 11 is 0. The van der Waals surface area contributed by atoms with Gasteiger partial charge in [-0.2, -0.15) is 0 Å². The van der Waals surface area contributed by atoms with E-state index < -0.39 is 0 Å². The van der Waals surface area contributed by atoms with E-state index in [0.29, 0.717) is 0 Å². The highest BCUT2D eigenvalue weighted by Gasteiger charge is 2.11. The van der Waals surface area contributed by atoms with E-state index in [9.17, 15) is 4.79 Å². The van der Waals surface area contributed by atoms with Crippen molar-refractivity contribution < 1.29 is 4.79 Å². The number of rotatable bonds is 5. The molecule has 0 radical (unpaired) electrons. The standard InChI is InChI=1S/C16H26N2O/c1-6-17-14-8-7-13(11-12(14)2)15(19)18-10-9-16(3,4)5/h7-8,11,17H,6,9-10H2,1-5H3,(H,18,19). The molecule has 3 heteroatoms. The molecule has 19 heavy (non-hydrogen) atoms. The zero-order valence-corrected chi connectivity index (χ0v) is 12.8. The smallest absolute Gasteiger partial charge is 0.251 e. The molecular weight excluding hydrogens is 236 g/mol. The van der Waals surface area contributed by atoms with Crippen LogP contribution in [0.4, 0.5) is 5.69 Å². The average molecular weight is 262 g/mol. The number of anilines is 1. The van der Waals surface area contributed by atoms with Gasteiger partial charge in [0, 0.05) is 24.3 Å². The lowest BCUT2D eigenvalue weighted by atomic mass is 9.92. The summed E-state index contributed by atoms with van der Waals surface area (Å²) in [7, 11) is 0. The van der Waals surface area contributed by atoms with Gasteiger partial charge in [0.1, 0.15) is 0 Å². The van der Waals surface area contributed by atoms with E-state index in [2.05, 4.69) is 38.3 Å². The summed E-state index contributed by atoms with van der Waals surface area (Å²) in [5, 5.41) is 6.25. The van der Waals surface area contributed by atoms with E-state index >= 15 is 0 Å². The Balaban J connectivity index is 2.60. The Labute approximate surface area is 116 Å². The van der Waals surface area contributed by atoms with Crippen molar-refractivity contribution >= 4 is 11.6 Å². The van der Waals surface area contributed by atoms with Gasteiger partial charge in [0.05, 0.1) is 0 Å². The van der Waals surface area contributed by atoms with Crippen LogP contribution in [-0.4, -0.2) is 19.0 Å². The monoisotopic (exact) mass is 262 g/mol. The van der Waals surface area contributed by atoms with Crippen LogP contribution in [0.2, 0.25) is 0 Å². The summed E-state index contributed by atoms with van der Waals surface area (Å²) in [6.07, 6.45) is 0.979. The van der Waals surface area contributed by atoms with Crippen LogP contribution in [-0.2, 0) is 0 Å². The van der Waals surface area contributed by atoms with Gasteiger partial charge in [-0.1, -0.05) is 20.8 Å². The molecule has 0 aromatic heterocycles. The van der Waals surface area contributed by atoms with Crippen LogP contribution in [0.15, 0.2) is 18.2 Å². The normalized spacial score (nSPS) is 11.2. The van der Waals surface area contributed by atoms with E-state index in [0.717, 1.165) is 36.3 Å². The zero-order chi connectivity index (χ0) is 14.5. The summed E-state index contributed by atoms with van der Waals surface area (Å²) in [5.41, 5.74) is 3.17. The van der Waals surface area contributed by atoms with E-state index in [4.69, 9.17) is 0 Å². The molecule has 1 amide bonds. The third kappa shape index (κ3) is 5.33. The quantitative estimate of drug-likeness (QED) is 0.851. The highest BCUT2D eigenvalue weighted by molar-refractivity contribution is 5.94. The SMILES string of the molecule is CCNc1ccc(C(=O)NCCC(C)(C)C)cc1C. The number of nitrogens with one attached hydrogen (secondary N) is 2. The molecule has 0 bridgehead atoms. The number of benzene rings is 1. The molecule has 2 N–H and O–H groups in total. The van der Waals surface area contributed by atoms with E-state index in [1.54, 1.807) is 0 Å². The van der Waals surface area contributed by atoms with Gasteiger partial charge < -0.3 is 10.6 Å². The first kappa shape index (κ1) is 15.5. The van der Waals surface area contributed by atoms with Crippen molar-refractivity contribution in [3.05, 3.63) is 29.3 Å². The first-order chi connectivity index (χ1) is 8.83. The maximum Gasteiger partial charge on any atom is 0.251 e. The van der Waals surface area contributed by atoms with Gasteiger partial charge in [0.25, 0.3) is 5.91 Å². The number of carbonyl (C=O) groups is 1. The van der Waals surface area contributed by atoms with Crippen LogP contribution in [0, 0.1) is 12.3 Å². The van der Waals surface area contributed by atoms with Gasteiger partial charge in [-0.3, -0.25) is 4.79 Å². The van der Waals surface area contributed by atoms with Crippen LogP contribution in [0.25, 0.3) is 0 Å². The summed E-state index contributed by atoms with van der Waals surface area (Å²) in [5.74, 6) is 0.00963. The lowest BCUT2D eigenvalue weighted by molar-refractivity contribution is 0.0949. The van der Waals surface area contributed by atoms with Crippen LogP contribution < -0.4 is 10.6 Å². The topological polar surface area (TPSA) is 41.1 Å². The second kappa shape index (κ2) is 6.60. The van der Waals surface area contributed by atoms with Gasteiger partial charge in [-0.05, 0) is 49.4 Å². The second-order valence-electron chi connectivity index (χ2n) is 6.13. The van der Waals surface area contributed by atoms with Gasteiger partial charge in [-0.15, -0.1) is 0 Å². The fourth-order valence-electron chi connectivity index (χ4n) is 1.85. The predicted molar refractivity (Wildman–Crippen MR) is 81.7 cm³/mol. The highest BCUT2D eigenvalue weighted by Crippen LogP contribution is 2.18. The Morgan fingerprint density at radius 3 is 2.47 bits per heavy atom. The molecule has 0 unspecified atom stereocenters. The van der Waals surface area contributed by atoms with Gasteiger partial charge >= 0.3 is 0 Å². The summed E-state index contributed by atoms with van der Waals surface area (Å²) < 4.78 is 0. The van der Waals surface area contributed by atoms with Crippen molar-refractivity contribution in [2.24, 2.45) is 5.41 Å². The van der Waals surface area contributed by atoms with Crippen molar-refractivity contribution in [3.8, 4) is 0 Å². The fourth-order valence-corrected chi connectivity index (χ4v) is 1.85. The fraction of sp³-hybridized carbons (Fsp3) is 0.562. The maximum atomic E-state index is 12.0. The van der Waals surface area contributed by atoms with Crippen LogP contribution in [0.3, 0.4) is 0 Å². The molecule has 0 aliphatic heterocycles. The van der Waals surface area contributed by atoms with Crippen molar-refractivity contribution in [2.75, 3.05) is 18.4 Å². The summed E-state index contributed by atoms with van der Waals surface area (Å²) in [6.45, 7) is 12.2.